The Morgan fingerprint density at radius 3 is 2.12 bits per heavy atom. The molecule has 2 aromatic rings. The number of piperazine rings is 1. The molecule has 1 heterocycles. The molecule has 0 unspecified atom stereocenters. The highest BCUT2D eigenvalue weighted by Gasteiger charge is 2.24. The van der Waals surface area contributed by atoms with Crippen molar-refractivity contribution >= 4 is 11.6 Å². The molecule has 1 saturated heterocycles. The van der Waals surface area contributed by atoms with Gasteiger partial charge in [0.15, 0.2) is 0 Å². The Hall–Kier alpha value is -2.29. The second-order valence-corrected chi connectivity index (χ2v) is 7.25. The molecule has 0 atom stereocenters. The molecule has 1 aliphatic heterocycles. The van der Waals surface area contributed by atoms with Gasteiger partial charge in [0.25, 0.3) is 5.91 Å². The molecule has 0 aromatic heterocycles. The Morgan fingerprint density at radius 2 is 1.44 bits per heavy atom. The summed E-state index contributed by atoms with van der Waals surface area (Å²) in [7, 11) is 0. The second-order valence-electron chi connectivity index (χ2n) is 7.25. The molecule has 0 N–H and O–H groups in total. The van der Waals surface area contributed by atoms with Crippen LogP contribution in [0.25, 0.3) is 0 Å². The summed E-state index contributed by atoms with van der Waals surface area (Å²) in [6, 6.07) is 10.6. The molecule has 2 aromatic carbocycles. The van der Waals surface area contributed by atoms with Gasteiger partial charge in [-0.1, -0.05) is 18.2 Å². The highest BCUT2D eigenvalue weighted by molar-refractivity contribution is 5.96. The quantitative estimate of drug-likeness (QED) is 0.821. The van der Waals surface area contributed by atoms with Crippen LogP contribution in [0.1, 0.15) is 38.2 Å². The zero-order valence-corrected chi connectivity index (χ0v) is 16.0. The van der Waals surface area contributed by atoms with Crippen LogP contribution in [0.2, 0.25) is 0 Å². The van der Waals surface area contributed by atoms with E-state index in [0.29, 0.717) is 0 Å². The molecule has 25 heavy (non-hydrogen) atoms. The third kappa shape index (κ3) is 3.41. The molecule has 1 fully saturated rings. The van der Waals surface area contributed by atoms with E-state index in [1.54, 1.807) is 0 Å². The van der Waals surface area contributed by atoms with Crippen molar-refractivity contribution in [2.24, 2.45) is 0 Å². The number of anilines is 1. The molecular formula is C22H28N2O. The van der Waals surface area contributed by atoms with Crippen molar-refractivity contribution in [3.63, 3.8) is 0 Å². The third-order valence-corrected chi connectivity index (χ3v) is 5.55. The van der Waals surface area contributed by atoms with Crippen molar-refractivity contribution in [2.45, 2.75) is 34.6 Å². The summed E-state index contributed by atoms with van der Waals surface area (Å²) in [4.78, 5) is 17.4. The predicted octanol–water partition coefficient (Wildman–Crippen LogP) is 4.19. The average molecular weight is 336 g/mol. The number of hydrogen-bond acceptors (Lipinski definition) is 2. The maximum absolute atomic E-state index is 13.0. The zero-order chi connectivity index (χ0) is 18.1. The summed E-state index contributed by atoms with van der Waals surface area (Å²) in [5.74, 6) is 0.168. The van der Waals surface area contributed by atoms with Gasteiger partial charge < -0.3 is 9.80 Å². The first-order valence-electron chi connectivity index (χ1n) is 9.06. The van der Waals surface area contributed by atoms with Crippen molar-refractivity contribution in [2.75, 3.05) is 31.1 Å². The fourth-order valence-corrected chi connectivity index (χ4v) is 3.59. The first kappa shape index (κ1) is 17.5. The molecular weight excluding hydrogens is 308 g/mol. The van der Waals surface area contributed by atoms with E-state index >= 15 is 0 Å². The lowest BCUT2D eigenvalue weighted by Crippen LogP contribution is -2.49. The van der Waals surface area contributed by atoms with Gasteiger partial charge in [0.2, 0.25) is 0 Å². The Kier molecular flexibility index (Phi) is 4.85. The number of hydrogen-bond donors (Lipinski definition) is 0. The third-order valence-electron chi connectivity index (χ3n) is 5.55. The van der Waals surface area contributed by atoms with Crippen molar-refractivity contribution in [3.8, 4) is 0 Å². The predicted molar refractivity (Wildman–Crippen MR) is 105 cm³/mol. The summed E-state index contributed by atoms with van der Waals surface area (Å²) < 4.78 is 0. The molecule has 0 aliphatic carbocycles. The average Bonchev–Trinajstić information content (AvgIpc) is 2.60. The highest BCUT2D eigenvalue weighted by Crippen LogP contribution is 2.25. The van der Waals surface area contributed by atoms with Crippen LogP contribution in [0.15, 0.2) is 30.3 Å². The van der Waals surface area contributed by atoms with E-state index < -0.39 is 0 Å². The molecule has 0 radical (unpaired) electrons. The summed E-state index contributed by atoms with van der Waals surface area (Å²) in [6.07, 6.45) is 0. The van der Waals surface area contributed by atoms with Crippen LogP contribution in [-0.2, 0) is 0 Å². The fourth-order valence-electron chi connectivity index (χ4n) is 3.59. The van der Waals surface area contributed by atoms with Crippen molar-refractivity contribution in [1.82, 2.24) is 4.90 Å². The van der Waals surface area contributed by atoms with Crippen molar-refractivity contribution < 1.29 is 4.79 Å². The van der Waals surface area contributed by atoms with E-state index in [0.717, 1.165) is 37.3 Å². The minimum absolute atomic E-state index is 0.168. The van der Waals surface area contributed by atoms with E-state index in [9.17, 15) is 4.79 Å². The van der Waals surface area contributed by atoms with Crippen molar-refractivity contribution in [1.29, 1.82) is 0 Å². The van der Waals surface area contributed by atoms with Crippen LogP contribution in [0.5, 0.6) is 0 Å². The highest BCUT2D eigenvalue weighted by atomic mass is 16.2. The van der Waals surface area contributed by atoms with Crippen LogP contribution >= 0.6 is 0 Å². The lowest BCUT2D eigenvalue weighted by molar-refractivity contribution is 0.0746. The number of carbonyl (C=O) groups excluding carboxylic acids is 1. The molecule has 132 valence electrons. The smallest absolute Gasteiger partial charge is 0.254 e. The first-order valence-corrected chi connectivity index (χ1v) is 9.06. The summed E-state index contributed by atoms with van der Waals surface area (Å²) in [6.45, 7) is 13.9. The lowest BCUT2D eigenvalue weighted by Gasteiger charge is -2.37. The lowest BCUT2D eigenvalue weighted by atomic mass is 9.99. The van der Waals surface area contributed by atoms with E-state index in [4.69, 9.17) is 0 Å². The van der Waals surface area contributed by atoms with Gasteiger partial charge in [-0.15, -0.1) is 0 Å². The summed E-state index contributed by atoms with van der Waals surface area (Å²) in [5, 5.41) is 0. The van der Waals surface area contributed by atoms with Gasteiger partial charge in [0.1, 0.15) is 0 Å². The van der Waals surface area contributed by atoms with Gasteiger partial charge in [-0.25, -0.2) is 0 Å². The number of benzene rings is 2. The Morgan fingerprint density at radius 1 is 0.800 bits per heavy atom. The second kappa shape index (κ2) is 6.91. The van der Waals surface area contributed by atoms with E-state index in [1.165, 1.54) is 27.9 Å². The van der Waals surface area contributed by atoms with E-state index in [2.05, 4.69) is 56.9 Å². The molecule has 1 amide bonds. The Labute approximate surface area is 151 Å². The Balaban J connectivity index is 1.73. The topological polar surface area (TPSA) is 23.6 Å². The van der Waals surface area contributed by atoms with Gasteiger partial charge in [-0.2, -0.15) is 0 Å². The van der Waals surface area contributed by atoms with Crippen LogP contribution < -0.4 is 4.90 Å². The number of rotatable bonds is 2. The fraction of sp³-hybridized carbons (Fsp3) is 0.409. The maximum atomic E-state index is 13.0. The van der Waals surface area contributed by atoms with Crippen molar-refractivity contribution in [3.05, 3.63) is 63.7 Å². The van der Waals surface area contributed by atoms with Gasteiger partial charge >= 0.3 is 0 Å². The molecule has 3 nitrogen and oxygen atoms in total. The molecule has 0 spiro atoms. The number of amides is 1. The number of nitrogens with zero attached hydrogens (tertiary/aromatic N) is 2. The van der Waals surface area contributed by atoms with E-state index in [-0.39, 0.29) is 5.91 Å². The monoisotopic (exact) mass is 336 g/mol. The molecule has 3 rings (SSSR count). The number of carbonyl (C=O) groups is 1. The van der Waals surface area contributed by atoms with Gasteiger partial charge in [-0.05, 0) is 74.6 Å². The summed E-state index contributed by atoms with van der Waals surface area (Å²) >= 11 is 0. The van der Waals surface area contributed by atoms with Crippen LogP contribution in [0.3, 0.4) is 0 Å². The molecule has 3 heteroatoms. The normalized spacial score (nSPS) is 14.8. The van der Waals surface area contributed by atoms with Gasteiger partial charge in [0.05, 0.1) is 0 Å². The van der Waals surface area contributed by atoms with Crippen LogP contribution in [0, 0.1) is 34.6 Å². The molecule has 1 aliphatic rings. The minimum atomic E-state index is 0.168. The first-order chi connectivity index (χ1) is 11.9. The molecule has 0 bridgehead atoms. The maximum Gasteiger partial charge on any atom is 0.254 e. The SMILES string of the molecule is Cc1cc(C)c(C(=O)N2CCN(c3cccc(C)c3C)CC2)cc1C. The van der Waals surface area contributed by atoms with Gasteiger partial charge in [-0.3, -0.25) is 4.79 Å². The summed E-state index contributed by atoms with van der Waals surface area (Å²) in [5.41, 5.74) is 8.31. The van der Waals surface area contributed by atoms with Crippen LogP contribution in [0.4, 0.5) is 5.69 Å². The largest absolute Gasteiger partial charge is 0.368 e. The zero-order valence-electron chi connectivity index (χ0n) is 16.0. The number of aryl methyl sites for hydroxylation is 4. The van der Waals surface area contributed by atoms with Gasteiger partial charge in [0, 0.05) is 37.4 Å². The molecule has 0 saturated carbocycles. The minimum Gasteiger partial charge on any atom is -0.368 e. The van der Waals surface area contributed by atoms with Crippen LogP contribution in [-0.4, -0.2) is 37.0 Å². The Bertz CT molecular complexity index is 802. The van der Waals surface area contributed by atoms with E-state index in [1.807, 2.05) is 17.9 Å². The standard InChI is InChI=1S/C22H28N2O/c1-15-7-6-8-21(19(15)5)23-9-11-24(12-10-23)22(25)20-14-17(3)16(2)13-18(20)4/h6-8,13-14H,9-12H2,1-5H3.